The number of nitrogens with zero attached hydrogens (tertiary/aromatic N) is 2. The summed E-state index contributed by atoms with van der Waals surface area (Å²) < 4.78 is 0. The summed E-state index contributed by atoms with van der Waals surface area (Å²) in [4.78, 5) is 23.9. The molecule has 6 heteroatoms. The van der Waals surface area contributed by atoms with E-state index in [1.807, 2.05) is 0 Å². The summed E-state index contributed by atoms with van der Waals surface area (Å²) in [6, 6.07) is 0.294. The lowest BCUT2D eigenvalue weighted by atomic mass is 9.83. The highest BCUT2D eigenvalue weighted by Gasteiger charge is 2.23. The first kappa shape index (κ1) is 16.9. The van der Waals surface area contributed by atoms with Gasteiger partial charge in [0.1, 0.15) is 0 Å². The fourth-order valence-electron chi connectivity index (χ4n) is 3.55. The van der Waals surface area contributed by atoms with Crippen LogP contribution < -0.4 is 10.9 Å². The topological polar surface area (TPSA) is 90.9 Å². The molecule has 2 heterocycles. The molecule has 24 heavy (non-hydrogen) atoms. The molecule has 130 valence electrons. The van der Waals surface area contributed by atoms with Crippen LogP contribution in [-0.4, -0.2) is 32.2 Å². The third-order valence-electron chi connectivity index (χ3n) is 4.90. The summed E-state index contributed by atoms with van der Waals surface area (Å²) in [6.45, 7) is 4.26. The van der Waals surface area contributed by atoms with E-state index in [0.717, 1.165) is 49.6 Å². The Bertz CT molecular complexity index is 750. The highest BCUT2D eigenvalue weighted by Crippen LogP contribution is 2.35. The molecule has 1 saturated carbocycles. The molecular formula is C18H26N4O2. The van der Waals surface area contributed by atoms with Gasteiger partial charge in [-0.05, 0) is 50.5 Å². The standard InChI is InChI=1S/C18H26N4O2/c1-3-4-11(2)21-18-20-10-15-16(22-18)14(9-19-17(15)24)12-5-7-13(23)8-6-12/h9-13,23H,3-8H2,1-2H3,(H,19,24)(H,20,21,22). The minimum atomic E-state index is -0.197. The number of hydrogen-bond acceptors (Lipinski definition) is 5. The van der Waals surface area contributed by atoms with Crippen LogP contribution in [0.15, 0.2) is 17.2 Å². The lowest BCUT2D eigenvalue weighted by molar-refractivity contribution is 0.122. The Morgan fingerprint density at radius 3 is 2.83 bits per heavy atom. The Morgan fingerprint density at radius 1 is 1.38 bits per heavy atom. The molecule has 0 radical (unpaired) electrons. The Morgan fingerprint density at radius 2 is 2.12 bits per heavy atom. The monoisotopic (exact) mass is 330 g/mol. The van der Waals surface area contributed by atoms with Crippen LogP contribution in [0.5, 0.6) is 0 Å². The Kier molecular flexibility index (Phi) is 5.14. The van der Waals surface area contributed by atoms with Gasteiger partial charge in [-0.1, -0.05) is 13.3 Å². The van der Waals surface area contributed by atoms with Gasteiger partial charge in [-0.3, -0.25) is 4.79 Å². The average Bonchev–Trinajstić information content (AvgIpc) is 2.56. The normalized spacial score (nSPS) is 22.5. The van der Waals surface area contributed by atoms with E-state index in [-0.39, 0.29) is 11.7 Å². The van der Waals surface area contributed by atoms with Crippen molar-refractivity contribution in [1.82, 2.24) is 15.0 Å². The van der Waals surface area contributed by atoms with Gasteiger partial charge in [0.25, 0.3) is 5.56 Å². The second-order valence-electron chi connectivity index (χ2n) is 6.87. The van der Waals surface area contributed by atoms with Crippen LogP contribution in [0.2, 0.25) is 0 Å². The summed E-state index contributed by atoms with van der Waals surface area (Å²) in [5.74, 6) is 0.898. The Labute approximate surface area is 141 Å². The fourth-order valence-corrected chi connectivity index (χ4v) is 3.55. The van der Waals surface area contributed by atoms with Crippen LogP contribution in [-0.2, 0) is 0 Å². The van der Waals surface area contributed by atoms with Gasteiger partial charge in [0.05, 0.1) is 17.0 Å². The lowest BCUT2D eigenvalue weighted by Gasteiger charge is -2.26. The molecule has 0 saturated heterocycles. The third kappa shape index (κ3) is 3.59. The van der Waals surface area contributed by atoms with Gasteiger partial charge in [-0.15, -0.1) is 0 Å². The molecule has 1 aliphatic rings. The van der Waals surface area contributed by atoms with Crippen molar-refractivity contribution in [3.8, 4) is 0 Å². The Balaban J connectivity index is 1.96. The molecular weight excluding hydrogens is 304 g/mol. The molecule has 6 nitrogen and oxygen atoms in total. The van der Waals surface area contributed by atoms with Crippen molar-refractivity contribution < 1.29 is 5.11 Å². The zero-order valence-electron chi connectivity index (χ0n) is 14.4. The van der Waals surface area contributed by atoms with Gasteiger partial charge >= 0.3 is 0 Å². The number of H-pyrrole nitrogens is 1. The molecule has 2 aromatic heterocycles. The third-order valence-corrected chi connectivity index (χ3v) is 4.90. The number of nitrogens with one attached hydrogen (secondary N) is 2. The van der Waals surface area contributed by atoms with Crippen LogP contribution >= 0.6 is 0 Å². The molecule has 2 aromatic rings. The molecule has 1 atom stereocenters. The molecule has 0 bridgehead atoms. The molecule has 0 aromatic carbocycles. The first-order chi connectivity index (χ1) is 11.6. The number of fused-ring (bicyclic) bond motifs is 1. The van der Waals surface area contributed by atoms with Crippen LogP contribution in [0, 0.1) is 0 Å². The second kappa shape index (κ2) is 7.30. The summed E-state index contributed by atoms with van der Waals surface area (Å²) in [7, 11) is 0. The summed E-state index contributed by atoms with van der Waals surface area (Å²) in [6.07, 6.45) is 8.79. The van der Waals surface area contributed by atoms with Gasteiger partial charge in [-0.2, -0.15) is 0 Å². The highest BCUT2D eigenvalue weighted by molar-refractivity contribution is 5.81. The maximum Gasteiger partial charge on any atom is 0.258 e. The number of aromatic nitrogens is 3. The largest absolute Gasteiger partial charge is 0.393 e. The van der Waals surface area contributed by atoms with Gasteiger partial charge in [0.2, 0.25) is 5.95 Å². The number of rotatable bonds is 5. The smallest absolute Gasteiger partial charge is 0.258 e. The number of anilines is 1. The molecule has 1 fully saturated rings. The lowest BCUT2D eigenvalue weighted by Crippen LogP contribution is -2.20. The fraction of sp³-hybridized carbons (Fsp3) is 0.611. The van der Waals surface area contributed by atoms with Gasteiger partial charge < -0.3 is 15.4 Å². The van der Waals surface area contributed by atoms with Crippen molar-refractivity contribution in [2.75, 3.05) is 5.32 Å². The van der Waals surface area contributed by atoms with E-state index in [2.05, 4.69) is 34.1 Å². The molecule has 3 rings (SSSR count). The minimum absolute atomic E-state index is 0.155. The van der Waals surface area contributed by atoms with Gasteiger partial charge in [-0.25, -0.2) is 9.97 Å². The summed E-state index contributed by atoms with van der Waals surface area (Å²) in [5.41, 5.74) is 1.64. The molecule has 0 amide bonds. The average molecular weight is 330 g/mol. The molecule has 1 aliphatic carbocycles. The van der Waals surface area contributed by atoms with E-state index in [4.69, 9.17) is 0 Å². The van der Waals surface area contributed by atoms with E-state index in [9.17, 15) is 9.90 Å². The number of hydrogen-bond donors (Lipinski definition) is 3. The highest BCUT2D eigenvalue weighted by atomic mass is 16.3. The predicted molar refractivity (Wildman–Crippen MR) is 95.4 cm³/mol. The van der Waals surface area contributed by atoms with Crippen LogP contribution in [0.25, 0.3) is 10.9 Å². The van der Waals surface area contributed by atoms with E-state index < -0.39 is 0 Å². The Hall–Kier alpha value is -1.95. The van der Waals surface area contributed by atoms with Crippen molar-refractivity contribution in [2.45, 2.75) is 70.4 Å². The molecule has 1 unspecified atom stereocenters. The van der Waals surface area contributed by atoms with E-state index in [0.29, 0.717) is 23.3 Å². The molecule has 3 N–H and O–H groups in total. The van der Waals surface area contributed by atoms with E-state index >= 15 is 0 Å². The quantitative estimate of drug-likeness (QED) is 0.784. The van der Waals surface area contributed by atoms with E-state index in [1.165, 1.54) is 0 Å². The van der Waals surface area contributed by atoms with Crippen LogP contribution in [0.4, 0.5) is 5.95 Å². The zero-order chi connectivity index (χ0) is 17.1. The first-order valence-electron chi connectivity index (χ1n) is 8.91. The van der Waals surface area contributed by atoms with Crippen LogP contribution in [0.3, 0.4) is 0 Å². The van der Waals surface area contributed by atoms with Crippen molar-refractivity contribution in [3.05, 3.63) is 28.3 Å². The first-order valence-corrected chi connectivity index (χ1v) is 8.91. The summed E-state index contributed by atoms with van der Waals surface area (Å²) >= 11 is 0. The van der Waals surface area contributed by atoms with Gasteiger partial charge in [0, 0.05) is 18.4 Å². The van der Waals surface area contributed by atoms with Crippen molar-refractivity contribution >= 4 is 16.9 Å². The van der Waals surface area contributed by atoms with Gasteiger partial charge in [0.15, 0.2) is 0 Å². The number of aliphatic hydroxyl groups is 1. The van der Waals surface area contributed by atoms with Crippen LogP contribution in [0.1, 0.15) is 63.9 Å². The zero-order valence-corrected chi connectivity index (χ0v) is 14.4. The predicted octanol–water partition coefficient (Wildman–Crippen LogP) is 2.94. The number of pyridine rings is 1. The maximum atomic E-state index is 12.1. The van der Waals surface area contributed by atoms with Crippen molar-refractivity contribution in [2.24, 2.45) is 0 Å². The maximum absolute atomic E-state index is 12.1. The molecule has 0 spiro atoms. The summed E-state index contributed by atoms with van der Waals surface area (Å²) in [5, 5.41) is 13.6. The second-order valence-corrected chi connectivity index (χ2v) is 6.87. The number of aliphatic hydroxyl groups excluding tert-OH is 1. The van der Waals surface area contributed by atoms with Crippen molar-refractivity contribution in [3.63, 3.8) is 0 Å². The number of aromatic amines is 1. The SMILES string of the molecule is CCCC(C)Nc1ncc2c(=O)[nH]cc(C3CCC(O)CC3)c2n1. The van der Waals surface area contributed by atoms with E-state index in [1.54, 1.807) is 12.4 Å². The molecule has 0 aliphatic heterocycles. The van der Waals surface area contributed by atoms with Crippen molar-refractivity contribution in [1.29, 1.82) is 0 Å². The minimum Gasteiger partial charge on any atom is -0.393 e.